The molecular weight excluding hydrogens is 396 g/mol. The number of aromatic carboxylic acids is 1. The fourth-order valence-electron chi connectivity index (χ4n) is 2.95. The monoisotopic (exact) mass is 407 g/mol. The van der Waals surface area contributed by atoms with E-state index in [2.05, 4.69) is 5.43 Å². The zero-order valence-electron chi connectivity index (χ0n) is 14.7. The van der Waals surface area contributed by atoms with E-state index in [1.807, 2.05) is 0 Å². The molecule has 0 radical (unpaired) electrons. The zero-order chi connectivity index (χ0) is 20.5. The third-order valence-electron chi connectivity index (χ3n) is 4.28. The predicted octanol–water partition coefficient (Wildman–Crippen LogP) is 2.42. The molecule has 8 heteroatoms. The molecule has 0 saturated carbocycles. The van der Waals surface area contributed by atoms with Crippen LogP contribution in [0.1, 0.15) is 16.1 Å². The average molecular weight is 408 g/mol. The van der Waals surface area contributed by atoms with Crippen molar-refractivity contribution in [3.05, 3.63) is 82.6 Å². The fraction of sp³-hybridized carbons (Fsp3) is 0. The van der Waals surface area contributed by atoms with E-state index in [9.17, 15) is 19.5 Å². The summed E-state index contributed by atoms with van der Waals surface area (Å²) in [6.07, 6.45) is 1.30. The van der Waals surface area contributed by atoms with Crippen molar-refractivity contribution in [1.29, 1.82) is 0 Å². The Morgan fingerprint density at radius 3 is 2.62 bits per heavy atom. The Morgan fingerprint density at radius 2 is 1.86 bits per heavy atom. The van der Waals surface area contributed by atoms with E-state index in [0.717, 1.165) is 5.01 Å². The zero-order valence-corrected chi connectivity index (χ0v) is 15.5. The summed E-state index contributed by atoms with van der Waals surface area (Å²) in [5, 5.41) is 12.8. The molecule has 1 aliphatic rings. The van der Waals surface area contributed by atoms with Gasteiger partial charge < -0.3 is 14.3 Å². The highest BCUT2D eigenvalue weighted by atomic mass is 35.5. The summed E-state index contributed by atoms with van der Waals surface area (Å²) in [5.74, 6) is -2.00. The van der Waals surface area contributed by atoms with Crippen LogP contribution in [-0.2, 0) is 9.59 Å². The topological polar surface area (TPSA) is 103 Å². The molecule has 4 rings (SSSR count). The van der Waals surface area contributed by atoms with Crippen molar-refractivity contribution in [2.75, 3.05) is 5.01 Å². The first kappa shape index (κ1) is 18.5. The second-order valence-corrected chi connectivity index (χ2v) is 6.59. The Morgan fingerprint density at radius 1 is 1.07 bits per heavy atom. The first-order valence-electron chi connectivity index (χ1n) is 8.47. The maximum absolute atomic E-state index is 12.7. The Kier molecular flexibility index (Phi) is 4.66. The number of carboxylic acid groups (broad SMARTS) is 1. The molecule has 0 bridgehead atoms. The SMILES string of the molecule is O=C1NN(c2cccc(Cl)c2)C(=O)/C1=C/c1ccc(-c2ccccc2C(=O)[O-])o1. The van der Waals surface area contributed by atoms with E-state index in [1.54, 1.807) is 48.5 Å². The molecule has 3 aromatic rings. The molecule has 1 fully saturated rings. The van der Waals surface area contributed by atoms with Gasteiger partial charge in [0.1, 0.15) is 17.1 Å². The van der Waals surface area contributed by atoms with E-state index < -0.39 is 17.8 Å². The van der Waals surface area contributed by atoms with E-state index in [0.29, 0.717) is 16.3 Å². The second-order valence-electron chi connectivity index (χ2n) is 6.15. The van der Waals surface area contributed by atoms with Crippen LogP contribution in [0.2, 0.25) is 5.02 Å². The molecule has 1 N–H and O–H groups in total. The maximum atomic E-state index is 12.7. The number of amides is 2. The highest BCUT2D eigenvalue weighted by molar-refractivity contribution is 6.33. The van der Waals surface area contributed by atoms with Gasteiger partial charge in [-0.3, -0.25) is 15.0 Å². The van der Waals surface area contributed by atoms with Crippen molar-refractivity contribution in [2.45, 2.75) is 0 Å². The van der Waals surface area contributed by atoms with Crippen molar-refractivity contribution in [1.82, 2.24) is 5.43 Å². The Labute approximate surface area is 169 Å². The first-order chi connectivity index (χ1) is 13.9. The van der Waals surface area contributed by atoms with Crippen molar-refractivity contribution in [2.24, 2.45) is 0 Å². The fourth-order valence-corrected chi connectivity index (χ4v) is 3.13. The van der Waals surface area contributed by atoms with Gasteiger partial charge in [-0.25, -0.2) is 5.01 Å². The molecule has 1 aromatic heterocycles. The number of carbonyl (C=O) groups is 3. The number of hydrogen-bond acceptors (Lipinski definition) is 5. The molecular formula is C21H12ClN2O5-. The minimum Gasteiger partial charge on any atom is -0.545 e. The van der Waals surface area contributed by atoms with Crippen molar-refractivity contribution < 1.29 is 23.9 Å². The lowest BCUT2D eigenvalue weighted by Gasteiger charge is -2.14. The molecule has 0 aliphatic carbocycles. The number of hydrazine groups is 1. The molecule has 0 atom stereocenters. The van der Waals surface area contributed by atoms with Gasteiger partial charge in [0, 0.05) is 16.1 Å². The van der Waals surface area contributed by atoms with Gasteiger partial charge in [0.25, 0.3) is 11.8 Å². The van der Waals surface area contributed by atoms with Gasteiger partial charge in [-0.2, -0.15) is 0 Å². The van der Waals surface area contributed by atoms with Gasteiger partial charge in [-0.15, -0.1) is 0 Å². The molecule has 1 saturated heterocycles. The smallest absolute Gasteiger partial charge is 0.282 e. The number of rotatable bonds is 4. The van der Waals surface area contributed by atoms with Gasteiger partial charge in [0.05, 0.1) is 11.7 Å². The van der Waals surface area contributed by atoms with Crippen molar-refractivity contribution in [3.8, 4) is 11.3 Å². The van der Waals surface area contributed by atoms with Crippen LogP contribution in [0.15, 0.2) is 70.7 Å². The Hall–Kier alpha value is -3.84. The molecule has 0 spiro atoms. The van der Waals surface area contributed by atoms with Crippen LogP contribution in [0, 0.1) is 0 Å². The molecule has 144 valence electrons. The van der Waals surface area contributed by atoms with Crippen LogP contribution in [-0.4, -0.2) is 17.8 Å². The number of nitrogens with zero attached hydrogens (tertiary/aromatic N) is 1. The van der Waals surface area contributed by atoms with Gasteiger partial charge in [-0.05, 0) is 36.4 Å². The molecule has 2 heterocycles. The number of halogens is 1. The molecule has 2 aromatic carbocycles. The number of hydrogen-bond donors (Lipinski definition) is 1. The highest BCUT2D eigenvalue weighted by Crippen LogP contribution is 2.28. The molecule has 0 unspecified atom stereocenters. The van der Waals surface area contributed by atoms with E-state index in [-0.39, 0.29) is 22.7 Å². The van der Waals surface area contributed by atoms with Crippen LogP contribution >= 0.6 is 11.6 Å². The Balaban J connectivity index is 1.65. The van der Waals surface area contributed by atoms with Crippen LogP contribution in [0.25, 0.3) is 17.4 Å². The van der Waals surface area contributed by atoms with Crippen molar-refractivity contribution >= 4 is 41.1 Å². The summed E-state index contributed by atoms with van der Waals surface area (Å²) < 4.78 is 5.64. The van der Waals surface area contributed by atoms with Gasteiger partial charge >= 0.3 is 0 Å². The van der Waals surface area contributed by atoms with Gasteiger partial charge in [0.2, 0.25) is 0 Å². The molecule has 29 heavy (non-hydrogen) atoms. The summed E-state index contributed by atoms with van der Waals surface area (Å²) in [6.45, 7) is 0. The summed E-state index contributed by atoms with van der Waals surface area (Å²) in [4.78, 5) is 36.2. The second kappa shape index (κ2) is 7.29. The lowest BCUT2D eigenvalue weighted by atomic mass is 10.1. The van der Waals surface area contributed by atoms with E-state index in [4.69, 9.17) is 16.0 Å². The van der Waals surface area contributed by atoms with Crippen LogP contribution in [0.3, 0.4) is 0 Å². The van der Waals surface area contributed by atoms with Crippen LogP contribution < -0.4 is 15.5 Å². The van der Waals surface area contributed by atoms with Gasteiger partial charge in [0.15, 0.2) is 0 Å². The summed E-state index contributed by atoms with van der Waals surface area (Å²) >= 11 is 5.94. The molecule has 1 aliphatic heterocycles. The number of benzene rings is 2. The Bertz CT molecular complexity index is 1180. The molecule has 2 amide bonds. The maximum Gasteiger partial charge on any atom is 0.282 e. The lowest BCUT2D eigenvalue weighted by molar-refractivity contribution is -0.255. The standard InChI is InChI=1S/C21H13ClN2O5/c22-12-4-3-5-13(10-12)24-20(26)17(19(25)23-24)11-14-8-9-18(29-14)15-6-1-2-7-16(15)21(27)28/h1-11H,(H,23,25)(H,27,28)/p-1/b17-11+. The number of carbonyl (C=O) groups excluding carboxylic acids is 3. The summed E-state index contributed by atoms with van der Waals surface area (Å²) in [6, 6.07) is 15.8. The summed E-state index contributed by atoms with van der Waals surface area (Å²) in [7, 11) is 0. The average Bonchev–Trinajstić information content (AvgIpc) is 3.28. The minimum atomic E-state index is -1.33. The van der Waals surface area contributed by atoms with E-state index >= 15 is 0 Å². The third kappa shape index (κ3) is 3.51. The number of anilines is 1. The number of nitrogens with one attached hydrogen (secondary N) is 1. The first-order valence-corrected chi connectivity index (χ1v) is 8.85. The number of furan rings is 1. The van der Waals surface area contributed by atoms with Gasteiger partial charge in [-0.1, -0.05) is 41.9 Å². The minimum absolute atomic E-state index is 0.0251. The van der Waals surface area contributed by atoms with E-state index in [1.165, 1.54) is 18.2 Å². The quantitative estimate of drug-likeness (QED) is 0.528. The van der Waals surface area contributed by atoms with Crippen LogP contribution in [0.5, 0.6) is 0 Å². The van der Waals surface area contributed by atoms with Crippen LogP contribution in [0.4, 0.5) is 5.69 Å². The summed E-state index contributed by atoms with van der Waals surface area (Å²) in [5.41, 5.74) is 3.07. The number of carboxylic acids is 1. The largest absolute Gasteiger partial charge is 0.545 e. The third-order valence-corrected chi connectivity index (χ3v) is 4.52. The predicted molar refractivity (Wildman–Crippen MR) is 104 cm³/mol. The highest BCUT2D eigenvalue weighted by Gasteiger charge is 2.34. The van der Waals surface area contributed by atoms with Crippen molar-refractivity contribution in [3.63, 3.8) is 0 Å². The molecule has 7 nitrogen and oxygen atoms in total. The lowest BCUT2D eigenvalue weighted by Crippen LogP contribution is -2.35. The normalized spacial score (nSPS) is 15.1.